The fourth-order valence-electron chi connectivity index (χ4n) is 14.7. The second-order valence-electron chi connectivity index (χ2n) is 21.3. The highest BCUT2D eigenvalue weighted by atomic mass is 15.1. The lowest BCUT2D eigenvalue weighted by Gasteiger charge is -2.61. The molecule has 68 heavy (non-hydrogen) atoms. The first-order chi connectivity index (χ1) is 33.4. The number of fused-ring (bicyclic) bond motifs is 6. The molecular weight excluding hydrogens is 819 g/mol. The van der Waals surface area contributed by atoms with Gasteiger partial charge in [0.15, 0.2) is 0 Å². The van der Waals surface area contributed by atoms with E-state index in [1.807, 2.05) is 0 Å². The van der Waals surface area contributed by atoms with Crippen molar-refractivity contribution in [3.8, 4) is 66.8 Å². The van der Waals surface area contributed by atoms with Gasteiger partial charge in [-0.05, 0) is 193 Å². The molecule has 0 saturated heterocycles. The van der Waals surface area contributed by atoms with E-state index >= 15 is 0 Å². The van der Waals surface area contributed by atoms with E-state index in [0.717, 1.165) is 40.7 Å². The molecule has 9 aromatic carbocycles. The lowest BCUT2D eigenvalue weighted by Crippen LogP contribution is -2.55. The van der Waals surface area contributed by atoms with Gasteiger partial charge in [-0.3, -0.25) is 0 Å². The second-order valence-corrected chi connectivity index (χ2v) is 21.3. The summed E-state index contributed by atoms with van der Waals surface area (Å²) < 4.78 is 0. The maximum absolute atomic E-state index is 2.50. The van der Waals surface area contributed by atoms with Crippen LogP contribution in [-0.2, 0) is 10.8 Å². The monoisotopic (exact) mass is 873 g/mol. The fraction of sp³-hybridized carbons (Fsp3) is 0.194. The zero-order valence-corrected chi connectivity index (χ0v) is 39.0. The Bertz CT molecular complexity index is 3380. The van der Waals surface area contributed by atoms with E-state index in [1.165, 1.54) is 110 Å². The van der Waals surface area contributed by atoms with Crippen molar-refractivity contribution in [3.05, 3.63) is 235 Å². The van der Waals surface area contributed by atoms with Crippen molar-refractivity contribution in [2.45, 2.75) is 56.8 Å². The van der Waals surface area contributed by atoms with Gasteiger partial charge < -0.3 is 4.90 Å². The third-order valence-corrected chi connectivity index (χ3v) is 17.5. The molecule has 1 heteroatoms. The van der Waals surface area contributed by atoms with Crippen LogP contribution in [-0.4, -0.2) is 0 Å². The Kier molecular flexibility index (Phi) is 8.89. The molecule has 0 heterocycles. The Morgan fingerprint density at radius 1 is 0.324 bits per heavy atom. The molecule has 9 aromatic rings. The van der Waals surface area contributed by atoms with Crippen molar-refractivity contribution in [3.63, 3.8) is 0 Å². The third kappa shape index (κ3) is 5.94. The van der Waals surface area contributed by atoms with Crippen LogP contribution in [0.25, 0.3) is 66.8 Å². The zero-order valence-electron chi connectivity index (χ0n) is 39.0. The van der Waals surface area contributed by atoms with Gasteiger partial charge in [-0.15, -0.1) is 0 Å². The standard InChI is InChI=1S/C67H55N/c1-66(2)62-20-8-6-17-59(62)61-42-50(28-35-63(61)66)48-26-33-56(34-27-48)68(54-29-22-46(23-30-54)45-12-4-3-5-13-45)55-31-24-47(25-32-55)49-14-10-15-51(41-49)57-18-11-19-60-58-16-7-9-21-64(58)67(65(57)60)52-37-43-36-44(39-52)40-53(67)38-43/h3-35,41-44,52-53H,36-40H2,1-2H3. The number of benzene rings is 9. The number of anilines is 3. The summed E-state index contributed by atoms with van der Waals surface area (Å²) in [6.45, 7) is 4.70. The van der Waals surface area contributed by atoms with E-state index in [0.29, 0.717) is 0 Å². The molecule has 1 nitrogen and oxygen atoms in total. The summed E-state index contributed by atoms with van der Waals surface area (Å²) >= 11 is 0. The van der Waals surface area contributed by atoms with Crippen LogP contribution in [0.2, 0.25) is 0 Å². The molecule has 0 aromatic heterocycles. The number of hydrogen-bond acceptors (Lipinski definition) is 1. The Balaban J connectivity index is 0.820. The minimum atomic E-state index is -0.00418. The molecule has 328 valence electrons. The van der Waals surface area contributed by atoms with Crippen LogP contribution >= 0.6 is 0 Å². The maximum atomic E-state index is 2.50. The molecule has 4 fully saturated rings. The van der Waals surface area contributed by atoms with E-state index in [4.69, 9.17) is 0 Å². The molecule has 0 amide bonds. The van der Waals surface area contributed by atoms with Crippen molar-refractivity contribution in [1.82, 2.24) is 0 Å². The zero-order chi connectivity index (χ0) is 45.1. The predicted octanol–water partition coefficient (Wildman–Crippen LogP) is 17.9. The minimum Gasteiger partial charge on any atom is -0.311 e. The molecule has 1 spiro atoms. The van der Waals surface area contributed by atoms with Gasteiger partial charge >= 0.3 is 0 Å². The molecule has 4 bridgehead atoms. The first-order valence-corrected chi connectivity index (χ1v) is 25.2. The molecule has 0 unspecified atom stereocenters. The molecular formula is C67H55N. The van der Waals surface area contributed by atoms with Gasteiger partial charge in [0.05, 0.1) is 0 Å². The molecule has 0 N–H and O–H groups in total. The lowest BCUT2D eigenvalue weighted by molar-refractivity contribution is -0.0397. The summed E-state index contributed by atoms with van der Waals surface area (Å²) in [5.74, 6) is 3.31. The van der Waals surface area contributed by atoms with Crippen LogP contribution < -0.4 is 4.90 Å². The predicted molar refractivity (Wildman–Crippen MR) is 284 cm³/mol. The van der Waals surface area contributed by atoms with E-state index < -0.39 is 0 Å². The molecule has 6 aliphatic rings. The highest BCUT2D eigenvalue weighted by molar-refractivity contribution is 5.91. The van der Waals surface area contributed by atoms with Crippen molar-refractivity contribution in [1.29, 1.82) is 0 Å². The quantitative estimate of drug-likeness (QED) is 0.154. The smallest absolute Gasteiger partial charge is 0.0462 e. The summed E-state index contributed by atoms with van der Waals surface area (Å²) in [6.07, 6.45) is 7.03. The summed E-state index contributed by atoms with van der Waals surface area (Å²) in [7, 11) is 0. The van der Waals surface area contributed by atoms with E-state index in [9.17, 15) is 0 Å². The average Bonchev–Trinajstić information content (AvgIpc) is 3.82. The third-order valence-electron chi connectivity index (χ3n) is 17.5. The molecule has 0 aliphatic heterocycles. The Labute approximate surface area is 401 Å². The van der Waals surface area contributed by atoms with Gasteiger partial charge in [0.2, 0.25) is 0 Å². The van der Waals surface area contributed by atoms with Crippen LogP contribution in [0.1, 0.15) is 68.2 Å². The van der Waals surface area contributed by atoms with Gasteiger partial charge in [-0.1, -0.05) is 178 Å². The van der Waals surface area contributed by atoms with E-state index in [2.05, 4.69) is 231 Å². The van der Waals surface area contributed by atoms with Gasteiger partial charge in [0, 0.05) is 27.9 Å². The molecule has 0 atom stereocenters. The highest BCUT2D eigenvalue weighted by Crippen LogP contribution is 2.70. The van der Waals surface area contributed by atoms with Gasteiger partial charge in [0.1, 0.15) is 0 Å². The largest absolute Gasteiger partial charge is 0.311 e. The van der Waals surface area contributed by atoms with Crippen molar-refractivity contribution in [2.75, 3.05) is 4.90 Å². The highest BCUT2D eigenvalue weighted by Gasteiger charge is 2.62. The van der Waals surface area contributed by atoms with Crippen LogP contribution in [0.4, 0.5) is 17.1 Å². The van der Waals surface area contributed by atoms with Crippen molar-refractivity contribution >= 4 is 17.1 Å². The topological polar surface area (TPSA) is 3.24 Å². The number of hydrogen-bond donors (Lipinski definition) is 0. The Morgan fingerprint density at radius 3 is 1.38 bits per heavy atom. The Morgan fingerprint density at radius 2 is 0.750 bits per heavy atom. The molecule has 4 saturated carbocycles. The van der Waals surface area contributed by atoms with Gasteiger partial charge in [0.25, 0.3) is 0 Å². The Hall–Kier alpha value is -7.22. The summed E-state index contributed by atoms with van der Waals surface area (Å²) in [4.78, 5) is 2.40. The SMILES string of the molecule is CC1(C)c2ccccc2-c2cc(-c3ccc(N(c4ccc(-c5ccccc5)cc4)c4ccc(-c5cccc(-c6cccc7c6C6(c8ccccc8-7)C7CC8CC(C7)CC6C8)c5)cc4)cc3)ccc21. The molecule has 6 aliphatic carbocycles. The first-order valence-electron chi connectivity index (χ1n) is 25.2. The van der Waals surface area contributed by atoms with Gasteiger partial charge in [-0.2, -0.15) is 0 Å². The van der Waals surface area contributed by atoms with Gasteiger partial charge in [-0.25, -0.2) is 0 Å². The summed E-state index contributed by atoms with van der Waals surface area (Å²) in [5.41, 5.74) is 25.4. The van der Waals surface area contributed by atoms with Crippen LogP contribution in [0.15, 0.2) is 212 Å². The average molecular weight is 874 g/mol. The van der Waals surface area contributed by atoms with Crippen LogP contribution in [0.3, 0.4) is 0 Å². The molecule has 15 rings (SSSR count). The van der Waals surface area contributed by atoms with Crippen molar-refractivity contribution in [2.24, 2.45) is 23.7 Å². The van der Waals surface area contributed by atoms with Crippen LogP contribution in [0, 0.1) is 23.7 Å². The normalized spacial score (nSPS) is 21.9. The lowest BCUT2D eigenvalue weighted by atomic mass is 9.42. The first kappa shape index (κ1) is 39.9. The number of nitrogens with zero attached hydrogens (tertiary/aromatic N) is 1. The number of rotatable bonds is 7. The van der Waals surface area contributed by atoms with E-state index in [-0.39, 0.29) is 10.8 Å². The van der Waals surface area contributed by atoms with E-state index in [1.54, 1.807) is 11.1 Å². The minimum absolute atomic E-state index is 0.00418. The maximum Gasteiger partial charge on any atom is 0.0462 e. The second kappa shape index (κ2) is 15.1. The summed E-state index contributed by atoms with van der Waals surface area (Å²) in [6, 6.07) is 80.2. The molecule has 0 radical (unpaired) electrons. The fourth-order valence-corrected chi connectivity index (χ4v) is 14.7. The van der Waals surface area contributed by atoms with Crippen molar-refractivity contribution < 1.29 is 0 Å². The summed E-state index contributed by atoms with van der Waals surface area (Å²) in [5, 5.41) is 0. The van der Waals surface area contributed by atoms with Crippen LogP contribution in [0.5, 0.6) is 0 Å².